The molecule has 1 rings (SSSR count). The van der Waals surface area contributed by atoms with Gasteiger partial charge in [-0.25, -0.2) is 0 Å². The van der Waals surface area contributed by atoms with Crippen LogP contribution < -0.4 is 5.73 Å². The summed E-state index contributed by atoms with van der Waals surface area (Å²) in [6.07, 6.45) is 4.38. The molecule has 0 bridgehead atoms. The van der Waals surface area contributed by atoms with E-state index in [-0.39, 0.29) is 0 Å². The third kappa shape index (κ3) is 4.93. The summed E-state index contributed by atoms with van der Waals surface area (Å²) in [4.78, 5) is 2.52. The van der Waals surface area contributed by atoms with E-state index in [1.807, 2.05) is 0 Å². The Kier molecular flexibility index (Phi) is 6.07. The first-order valence-corrected chi connectivity index (χ1v) is 7.04. The van der Waals surface area contributed by atoms with Gasteiger partial charge in [0, 0.05) is 12.6 Å². The summed E-state index contributed by atoms with van der Waals surface area (Å²) in [6.45, 7) is 9.11. The minimum atomic E-state index is -0.664. The van der Waals surface area contributed by atoms with Crippen molar-refractivity contribution in [3.63, 3.8) is 0 Å². The molecule has 4 heteroatoms. The van der Waals surface area contributed by atoms with Crippen LogP contribution in [0.5, 0.6) is 0 Å². The van der Waals surface area contributed by atoms with Crippen molar-refractivity contribution in [2.75, 3.05) is 19.7 Å². The van der Waals surface area contributed by atoms with Crippen molar-refractivity contribution in [2.24, 2.45) is 5.73 Å². The molecule has 1 heterocycles. The molecule has 0 aromatic carbocycles. The number of ether oxygens (including phenoxy) is 1. The van der Waals surface area contributed by atoms with Crippen LogP contribution in [0.1, 0.15) is 46.5 Å². The molecule has 0 aromatic heterocycles. The van der Waals surface area contributed by atoms with E-state index < -0.39 is 5.54 Å². The second-order valence-electron chi connectivity index (χ2n) is 5.69. The summed E-state index contributed by atoms with van der Waals surface area (Å²) < 4.78 is 5.68. The van der Waals surface area contributed by atoms with E-state index in [0.29, 0.717) is 12.1 Å². The zero-order valence-electron chi connectivity index (χ0n) is 12.0. The number of hydrogen-bond donors (Lipinski definition) is 1. The lowest BCUT2D eigenvalue weighted by molar-refractivity contribution is -0.0561. The molecule has 1 aliphatic heterocycles. The van der Waals surface area contributed by atoms with E-state index >= 15 is 0 Å². The van der Waals surface area contributed by atoms with Crippen LogP contribution in [0.3, 0.4) is 0 Å². The molecule has 1 fully saturated rings. The van der Waals surface area contributed by atoms with Crippen LogP contribution in [-0.4, -0.2) is 42.3 Å². The summed E-state index contributed by atoms with van der Waals surface area (Å²) in [6, 6.07) is 2.71. The Hall–Kier alpha value is -0.630. The van der Waals surface area contributed by atoms with Gasteiger partial charge in [-0.2, -0.15) is 5.26 Å². The fourth-order valence-corrected chi connectivity index (χ4v) is 2.43. The minimum absolute atomic E-state index is 0.340. The Bertz CT molecular complexity index is 285. The molecule has 0 aromatic rings. The zero-order chi connectivity index (χ0) is 13.6. The van der Waals surface area contributed by atoms with E-state index in [9.17, 15) is 0 Å². The van der Waals surface area contributed by atoms with Gasteiger partial charge < -0.3 is 10.5 Å². The summed E-state index contributed by atoms with van der Waals surface area (Å²) in [5.41, 5.74) is 5.15. The molecule has 18 heavy (non-hydrogen) atoms. The molecular formula is C14H27N3O. The monoisotopic (exact) mass is 253 g/mol. The van der Waals surface area contributed by atoms with Crippen molar-refractivity contribution in [1.29, 1.82) is 5.26 Å². The quantitative estimate of drug-likeness (QED) is 0.734. The van der Waals surface area contributed by atoms with Crippen molar-refractivity contribution in [3.8, 4) is 6.07 Å². The predicted octanol–water partition coefficient (Wildman–Crippen LogP) is 1.90. The van der Waals surface area contributed by atoms with E-state index in [0.717, 1.165) is 45.4 Å². The fraction of sp³-hybridized carbons (Fsp3) is 0.929. The normalized spacial score (nSPS) is 28.6. The molecule has 0 aliphatic carbocycles. The lowest BCUT2D eigenvalue weighted by atomic mass is 9.98. The van der Waals surface area contributed by atoms with Crippen molar-refractivity contribution in [3.05, 3.63) is 0 Å². The lowest BCUT2D eigenvalue weighted by Gasteiger charge is -2.38. The molecule has 0 amide bonds. The molecule has 3 unspecified atom stereocenters. The largest absolute Gasteiger partial charge is 0.376 e. The molecule has 0 spiro atoms. The van der Waals surface area contributed by atoms with Gasteiger partial charge in [0.25, 0.3) is 0 Å². The van der Waals surface area contributed by atoms with E-state index in [2.05, 4.69) is 24.8 Å². The van der Waals surface area contributed by atoms with Crippen molar-refractivity contribution in [2.45, 2.75) is 64.1 Å². The predicted molar refractivity (Wildman–Crippen MR) is 73.1 cm³/mol. The van der Waals surface area contributed by atoms with Crippen molar-refractivity contribution in [1.82, 2.24) is 4.90 Å². The lowest BCUT2D eigenvalue weighted by Crippen LogP contribution is -2.48. The van der Waals surface area contributed by atoms with Crippen LogP contribution in [0, 0.1) is 11.3 Å². The highest BCUT2D eigenvalue weighted by molar-refractivity contribution is 5.00. The molecule has 2 N–H and O–H groups in total. The van der Waals surface area contributed by atoms with Crippen molar-refractivity contribution >= 4 is 0 Å². The molecular weight excluding hydrogens is 226 g/mol. The van der Waals surface area contributed by atoms with Crippen LogP contribution in [-0.2, 0) is 4.74 Å². The third-order valence-electron chi connectivity index (χ3n) is 3.70. The minimum Gasteiger partial charge on any atom is -0.376 e. The second kappa shape index (κ2) is 7.08. The van der Waals surface area contributed by atoms with Gasteiger partial charge in [-0.3, -0.25) is 4.90 Å². The highest BCUT2D eigenvalue weighted by atomic mass is 16.5. The van der Waals surface area contributed by atoms with Gasteiger partial charge >= 0.3 is 0 Å². The number of hydrogen-bond acceptors (Lipinski definition) is 4. The SMILES string of the molecule is CCC1COC(C)CN1CCCCC(C)(N)C#N. The number of nitrogens with zero attached hydrogens (tertiary/aromatic N) is 2. The Morgan fingerprint density at radius 2 is 2.22 bits per heavy atom. The van der Waals surface area contributed by atoms with Gasteiger partial charge in [-0.05, 0) is 46.1 Å². The summed E-state index contributed by atoms with van der Waals surface area (Å²) in [5.74, 6) is 0. The Labute approximate surface area is 111 Å². The van der Waals surface area contributed by atoms with E-state index in [4.69, 9.17) is 15.7 Å². The number of rotatable bonds is 6. The molecule has 104 valence electrons. The first-order valence-electron chi connectivity index (χ1n) is 7.04. The third-order valence-corrected chi connectivity index (χ3v) is 3.70. The maximum Gasteiger partial charge on any atom is 0.101 e. The summed E-state index contributed by atoms with van der Waals surface area (Å²) >= 11 is 0. The summed E-state index contributed by atoms with van der Waals surface area (Å²) in [7, 11) is 0. The molecule has 0 radical (unpaired) electrons. The van der Waals surface area contributed by atoms with Gasteiger partial charge in [-0.1, -0.05) is 6.92 Å². The first-order chi connectivity index (χ1) is 8.48. The number of nitrogens with two attached hydrogens (primary N) is 1. The molecule has 1 saturated heterocycles. The Balaban J connectivity index is 2.27. The molecule has 1 aliphatic rings. The van der Waals surface area contributed by atoms with Crippen LogP contribution in [0.25, 0.3) is 0 Å². The topological polar surface area (TPSA) is 62.3 Å². The molecule has 3 atom stereocenters. The zero-order valence-corrected chi connectivity index (χ0v) is 12.0. The smallest absolute Gasteiger partial charge is 0.101 e. The first kappa shape index (κ1) is 15.4. The highest BCUT2D eigenvalue weighted by Crippen LogP contribution is 2.16. The second-order valence-corrected chi connectivity index (χ2v) is 5.69. The standard InChI is InChI=1S/C14H27N3O/c1-4-13-10-18-12(2)9-17(13)8-6-5-7-14(3,16)11-15/h12-13H,4-10,16H2,1-3H3. The highest BCUT2D eigenvalue weighted by Gasteiger charge is 2.25. The van der Waals surface area contributed by atoms with Crippen LogP contribution in [0.4, 0.5) is 0 Å². The number of nitriles is 1. The Morgan fingerprint density at radius 1 is 1.50 bits per heavy atom. The van der Waals surface area contributed by atoms with E-state index in [1.165, 1.54) is 0 Å². The van der Waals surface area contributed by atoms with Crippen LogP contribution >= 0.6 is 0 Å². The number of unbranched alkanes of at least 4 members (excludes halogenated alkanes) is 1. The van der Waals surface area contributed by atoms with Gasteiger partial charge in [0.15, 0.2) is 0 Å². The Morgan fingerprint density at radius 3 is 2.83 bits per heavy atom. The van der Waals surface area contributed by atoms with Gasteiger partial charge in [0.2, 0.25) is 0 Å². The average molecular weight is 253 g/mol. The van der Waals surface area contributed by atoms with E-state index in [1.54, 1.807) is 6.92 Å². The average Bonchev–Trinajstić information content (AvgIpc) is 2.35. The van der Waals surface area contributed by atoms with Gasteiger partial charge in [0.05, 0.1) is 18.8 Å². The summed E-state index contributed by atoms with van der Waals surface area (Å²) in [5, 5.41) is 8.85. The van der Waals surface area contributed by atoms with Crippen molar-refractivity contribution < 1.29 is 4.74 Å². The maximum absolute atomic E-state index is 8.85. The molecule has 0 saturated carbocycles. The maximum atomic E-state index is 8.85. The van der Waals surface area contributed by atoms with Crippen LogP contribution in [0.15, 0.2) is 0 Å². The fourth-order valence-electron chi connectivity index (χ4n) is 2.43. The van der Waals surface area contributed by atoms with Gasteiger partial charge in [0.1, 0.15) is 5.54 Å². The number of morpholine rings is 1. The van der Waals surface area contributed by atoms with Crippen LogP contribution in [0.2, 0.25) is 0 Å². The van der Waals surface area contributed by atoms with Gasteiger partial charge in [-0.15, -0.1) is 0 Å². The molecule has 4 nitrogen and oxygen atoms in total.